The average Bonchev–Trinajstić information content (AvgIpc) is 2.83. The minimum absolute atomic E-state index is 0.115. The Morgan fingerprint density at radius 2 is 2.19 bits per heavy atom. The predicted octanol–water partition coefficient (Wildman–Crippen LogP) is 4.12. The van der Waals surface area contributed by atoms with Crippen LogP contribution < -0.4 is 5.73 Å². The van der Waals surface area contributed by atoms with Crippen LogP contribution in [0.25, 0.3) is 10.1 Å². The first-order valence-electron chi connectivity index (χ1n) is 7.74. The monoisotopic (exact) mass is 306 g/mol. The van der Waals surface area contributed by atoms with E-state index >= 15 is 0 Å². The van der Waals surface area contributed by atoms with Gasteiger partial charge < -0.3 is 5.73 Å². The van der Waals surface area contributed by atoms with Crippen LogP contribution in [-0.2, 0) is 13.1 Å². The first-order valence-corrected chi connectivity index (χ1v) is 8.56. The van der Waals surface area contributed by atoms with E-state index in [1.807, 2.05) is 6.07 Å². The van der Waals surface area contributed by atoms with Gasteiger partial charge >= 0.3 is 0 Å². The summed E-state index contributed by atoms with van der Waals surface area (Å²) in [6.07, 6.45) is 2.52. The first-order chi connectivity index (χ1) is 10.1. The van der Waals surface area contributed by atoms with Crippen molar-refractivity contribution < 1.29 is 4.39 Å². The molecule has 0 spiro atoms. The smallest absolute Gasteiger partial charge is 0.132 e. The van der Waals surface area contributed by atoms with Crippen LogP contribution in [0.15, 0.2) is 18.2 Å². The van der Waals surface area contributed by atoms with Crippen molar-refractivity contribution in [1.29, 1.82) is 0 Å². The Labute approximate surface area is 129 Å². The van der Waals surface area contributed by atoms with Gasteiger partial charge in [0.05, 0.1) is 0 Å². The quantitative estimate of drug-likeness (QED) is 0.924. The summed E-state index contributed by atoms with van der Waals surface area (Å²) in [6, 6.07) is 5.88. The average molecular weight is 306 g/mol. The molecule has 1 saturated heterocycles. The lowest BCUT2D eigenvalue weighted by atomic mass is 9.91. The molecule has 2 aromatic rings. The Hall–Kier alpha value is -0.970. The zero-order valence-electron chi connectivity index (χ0n) is 12.7. The molecule has 1 aliphatic heterocycles. The molecule has 114 valence electrons. The fraction of sp³-hybridized carbons (Fsp3) is 0.529. The van der Waals surface area contributed by atoms with Crippen LogP contribution in [0.5, 0.6) is 0 Å². The van der Waals surface area contributed by atoms with E-state index in [1.165, 1.54) is 12.8 Å². The van der Waals surface area contributed by atoms with E-state index in [0.29, 0.717) is 18.5 Å². The van der Waals surface area contributed by atoms with Crippen molar-refractivity contribution in [3.05, 3.63) is 34.5 Å². The summed E-state index contributed by atoms with van der Waals surface area (Å²) in [7, 11) is 0. The molecule has 2 N–H and O–H groups in total. The molecule has 1 fully saturated rings. The molecule has 2 atom stereocenters. The topological polar surface area (TPSA) is 29.3 Å². The molecule has 2 nitrogen and oxygen atoms in total. The van der Waals surface area contributed by atoms with E-state index in [0.717, 1.165) is 33.6 Å². The van der Waals surface area contributed by atoms with Gasteiger partial charge in [-0.15, -0.1) is 11.3 Å². The minimum Gasteiger partial charge on any atom is -0.326 e. The number of hydrogen-bond donors (Lipinski definition) is 1. The molecule has 2 heterocycles. The molecule has 0 aliphatic carbocycles. The Balaban J connectivity index is 1.99. The lowest BCUT2D eigenvalue weighted by Gasteiger charge is -2.38. The summed E-state index contributed by atoms with van der Waals surface area (Å²) in [5, 5.41) is 0.786. The number of hydrogen-bond acceptors (Lipinski definition) is 3. The number of nitrogens with zero attached hydrogens (tertiary/aromatic N) is 1. The number of thiophene rings is 1. The third-order valence-corrected chi connectivity index (χ3v) is 6.12. The third kappa shape index (κ3) is 2.72. The molecule has 0 bridgehead atoms. The van der Waals surface area contributed by atoms with Crippen LogP contribution in [0.2, 0.25) is 0 Å². The van der Waals surface area contributed by atoms with Crippen molar-refractivity contribution >= 4 is 21.4 Å². The lowest BCUT2D eigenvalue weighted by molar-refractivity contribution is 0.107. The number of rotatable bonds is 3. The van der Waals surface area contributed by atoms with E-state index < -0.39 is 0 Å². The van der Waals surface area contributed by atoms with Gasteiger partial charge in [0, 0.05) is 34.1 Å². The van der Waals surface area contributed by atoms with Gasteiger partial charge in [-0.05, 0) is 49.9 Å². The Kier molecular flexibility index (Phi) is 4.29. The standard InChI is InChI=1S/C17H23FN2S/c1-11-5-4-8-20(12(11)2)10-13-16(9-19)21-15-7-3-6-14(18)17(13)15/h3,6-7,11-12H,4-5,8-10,19H2,1-2H3. The second-order valence-electron chi connectivity index (χ2n) is 6.15. The van der Waals surface area contributed by atoms with Crippen molar-refractivity contribution in [3.63, 3.8) is 0 Å². The zero-order valence-corrected chi connectivity index (χ0v) is 13.5. The van der Waals surface area contributed by atoms with Crippen molar-refractivity contribution in [3.8, 4) is 0 Å². The van der Waals surface area contributed by atoms with Crippen LogP contribution in [0.3, 0.4) is 0 Å². The molecule has 1 aromatic heterocycles. The number of likely N-dealkylation sites (tertiary alicyclic amines) is 1. The van der Waals surface area contributed by atoms with Crippen LogP contribution >= 0.6 is 11.3 Å². The molecule has 2 unspecified atom stereocenters. The van der Waals surface area contributed by atoms with E-state index in [4.69, 9.17) is 5.73 Å². The summed E-state index contributed by atoms with van der Waals surface area (Å²) < 4.78 is 15.3. The van der Waals surface area contributed by atoms with Crippen LogP contribution in [0.4, 0.5) is 4.39 Å². The van der Waals surface area contributed by atoms with E-state index in [-0.39, 0.29) is 5.82 Å². The normalized spacial score (nSPS) is 23.8. The number of nitrogens with two attached hydrogens (primary N) is 1. The molecule has 1 aliphatic rings. The third-order valence-electron chi connectivity index (χ3n) is 4.90. The molecule has 0 saturated carbocycles. The zero-order chi connectivity index (χ0) is 15.0. The van der Waals surface area contributed by atoms with Gasteiger partial charge in [-0.3, -0.25) is 4.90 Å². The summed E-state index contributed by atoms with van der Waals surface area (Å²) in [5.41, 5.74) is 7.01. The summed E-state index contributed by atoms with van der Waals surface area (Å²) in [6.45, 7) is 7.01. The van der Waals surface area contributed by atoms with Gasteiger partial charge in [0.2, 0.25) is 0 Å². The maximum atomic E-state index is 14.3. The lowest BCUT2D eigenvalue weighted by Crippen LogP contribution is -2.41. The van der Waals surface area contributed by atoms with Crippen LogP contribution in [0.1, 0.15) is 37.1 Å². The second-order valence-corrected chi connectivity index (χ2v) is 7.29. The highest BCUT2D eigenvalue weighted by molar-refractivity contribution is 7.19. The van der Waals surface area contributed by atoms with E-state index in [9.17, 15) is 4.39 Å². The van der Waals surface area contributed by atoms with Gasteiger partial charge in [0.15, 0.2) is 0 Å². The number of piperidine rings is 1. The molecule has 3 rings (SSSR count). The van der Waals surface area contributed by atoms with E-state index in [2.05, 4.69) is 18.7 Å². The van der Waals surface area contributed by atoms with Crippen molar-refractivity contribution in [2.75, 3.05) is 6.54 Å². The highest BCUT2D eigenvalue weighted by Gasteiger charge is 2.26. The number of benzene rings is 1. The van der Waals surface area contributed by atoms with Gasteiger partial charge in [-0.1, -0.05) is 13.0 Å². The predicted molar refractivity (Wildman–Crippen MR) is 87.9 cm³/mol. The molecular weight excluding hydrogens is 283 g/mol. The molecule has 21 heavy (non-hydrogen) atoms. The van der Waals surface area contributed by atoms with Gasteiger partial charge in [0.25, 0.3) is 0 Å². The summed E-state index contributed by atoms with van der Waals surface area (Å²) in [4.78, 5) is 3.61. The molecule has 0 radical (unpaired) electrons. The van der Waals surface area contributed by atoms with Gasteiger partial charge in [-0.2, -0.15) is 0 Å². The van der Waals surface area contributed by atoms with Crippen molar-refractivity contribution in [2.24, 2.45) is 11.7 Å². The van der Waals surface area contributed by atoms with Crippen LogP contribution in [-0.4, -0.2) is 17.5 Å². The van der Waals surface area contributed by atoms with Gasteiger partial charge in [0.1, 0.15) is 5.82 Å². The first kappa shape index (κ1) is 14.9. The SMILES string of the molecule is CC1CCCN(Cc2c(CN)sc3cccc(F)c23)C1C. The Morgan fingerprint density at radius 1 is 1.38 bits per heavy atom. The molecular formula is C17H23FN2S. The Bertz CT molecular complexity index is 637. The minimum atomic E-state index is -0.115. The van der Waals surface area contributed by atoms with E-state index in [1.54, 1.807) is 23.5 Å². The second kappa shape index (κ2) is 6.03. The largest absolute Gasteiger partial charge is 0.326 e. The molecule has 1 aromatic carbocycles. The maximum absolute atomic E-state index is 14.3. The Morgan fingerprint density at radius 3 is 2.95 bits per heavy atom. The highest BCUT2D eigenvalue weighted by Crippen LogP contribution is 2.35. The summed E-state index contributed by atoms with van der Waals surface area (Å²) in [5.74, 6) is 0.589. The van der Waals surface area contributed by atoms with Crippen LogP contribution in [0, 0.1) is 11.7 Å². The summed E-state index contributed by atoms with van der Waals surface area (Å²) >= 11 is 1.64. The fourth-order valence-corrected chi connectivity index (χ4v) is 4.50. The fourth-order valence-electron chi connectivity index (χ4n) is 3.40. The molecule has 4 heteroatoms. The van der Waals surface area contributed by atoms with Crippen molar-refractivity contribution in [1.82, 2.24) is 4.90 Å². The van der Waals surface area contributed by atoms with Gasteiger partial charge in [-0.25, -0.2) is 4.39 Å². The van der Waals surface area contributed by atoms with Crippen molar-refractivity contribution in [2.45, 2.75) is 45.8 Å². The number of halogens is 1. The maximum Gasteiger partial charge on any atom is 0.132 e. The molecule has 0 amide bonds. The highest BCUT2D eigenvalue weighted by atomic mass is 32.1. The number of fused-ring (bicyclic) bond motifs is 1.